The summed E-state index contributed by atoms with van der Waals surface area (Å²) < 4.78 is 0. The highest BCUT2D eigenvalue weighted by atomic mass is 32.1. The molecule has 0 amide bonds. The second-order valence-corrected chi connectivity index (χ2v) is 4.19. The van der Waals surface area contributed by atoms with E-state index < -0.39 is 0 Å². The minimum Gasteiger partial charge on any atom is -0.306 e. The molecule has 0 aliphatic heterocycles. The van der Waals surface area contributed by atoms with Crippen LogP contribution in [0.1, 0.15) is 31.2 Å². The molecule has 1 aromatic rings. The lowest BCUT2D eigenvalue weighted by atomic mass is 10.2. The topological polar surface area (TPSA) is 12.0 Å². The lowest BCUT2D eigenvalue weighted by Crippen LogP contribution is -2.27. The van der Waals surface area contributed by atoms with E-state index in [1.165, 1.54) is 4.88 Å². The Hall–Kier alpha value is -0.780. The highest BCUT2D eigenvalue weighted by Crippen LogP contribution is 2.18. The predicted octanol–water partition coefficient (Wildman–Crippen LogP) is 2.81. The van der Waals surface area contributed by atoms with E-state index >= 15 is 0 Å². The standard InChI is InChI=1S/C11H15NS/c1-4-6-9(2)12-10(3)11-7-5-8-13-11/h1,5,7-10,12H,6H2,2-3H3. The van der Waals surface area contributed by atoms with Crippen LogP contribution < -0.4 is 5.32 Å². The highest BCUT2D eigenvalue weighted by Gasteiger charge is 2.08. The molecule has 2 atom stereocenters. The minimum atomic E-state index is 0.391. The fourth-order valence-electron chi connectivity index (χ4n) is 1.28. The summed E-state index contributed by atoms with van der Waals surface area (Å²) in [6, 6.07) is 5.01. The molecule has 0 aliphatic carbocycles. The molecule has 1 N–H and O–H groups in total. The van der Waals surface area contributed by atoms with E-state index in [-0.39, 0.29) is 0 Å². The Morgan fingerprint density at radius 2 is 2.38 bits per heavy atom. The first-order valence-corrected chi connectivity index (χ1v) is 5.35. The van der Waals surface area contributed by atoms with Crippen LogP contribution in [0.25, 0.3) is 0 Å². The van der Waals surface area contributed by atoms with Gasteiger partial charge in [-0.25, -0.2) is 0 Å². The number of hydrogen-bond acceptors (Lipinski definition) is 2. The normalized spacial score (nSPS) is 14.8. The van der Waals surface area contributed by atoms with Crippen LogP contribution in [-0.2, 0) is 0 Å². The van der Waals surface area contributed by atoms with Gasteiger partial charge in [-0.2, -0.15) is 0 Å². The molecule has 0 bridgehead atoms. The molecule has 0 saturated heterocycles. The molecule has 1 heterocycles. The maximum absolute atomic E-state index is 5.24. The van der Waals surface area contributed by atoms with Gasteiger partial charge in [0.1, 0.15) is 0 Å². The maximum atomic E-state index is 5.24. The SMILES string of the molecule is C#CCC(C)NC(C)c1cccs1. The number of nitrogens with one attached hydrogen (secondary N) is 1. The first kappa shape index (κ1) is 10.3. The molecule has 1 aromatic heterocycles. The average molecular weight is 193 g/mol. The van der Waals surface area contributed by atoms with Crippen molar-refractivity contribution in [2.45, 2.75) is 32.4 Å². The molecule has 1 rings (SSSR count). The van der Waals surface area contributed by atoms with Crippen LogP contribution >= 0.6 is 11.3 Å². The Kier molecular flexibility index (Phi) is 4.01. The van der Waals surface area contributed by atoms with E-state index in [0.29, 0.717) is 12.1 Å². The molecular weight excluding hydrogens is 178 g/mol. The summed E-state index contributed by atoms with van der Waals surface area (Å²) >= 11 is 1.78. The summed E-state index contributed by atoms with van der Waals surface area (Å²) in [5.74, 6) is 2.66. The number of thiophene rings is 1. The molecule has 1 nitrogen and oxygen atoms in total. The Morgan fingerprint density at radius 1 is 1.62 bits per heavy atom. The molecule has 2 unspecified atom stereocenters. The van der Waals surface area contributed by atoms with E-state index in [2.05, 4.69) is 42.6 Å². The first-order chi connectivity index (χ1) is 6.24. The Labute approximate surface area is 84.2 Å². The Bertz CT molecular complexity index is 271. The summed E-state index contributed by atoms with van der Waals surface area (Å²) in [6.45, 7) is 4.28. The van der Waals surface area contributed by atoms with Gasteiger partial charge in [0.15, 0.2) is 0 Å². The zero-order valence-electron chi connectivity index (χ0n) is 8.08. The molecular formula is C11H15NS. The second kappa shape index (κ2) is 5.06. The number of terminal acetylenes is 1. The van der Waals surface area contributed by atoms with E-state index in [9.17, 15) is 0 Å². The van der Waals surface area contributed by atoms with Crippen molar-refractivity contribution in [2.75, 3.05) is 0 Å². The quantitative estimate of drug-likeness (QED) is 0.725. The van der Waals surface area contributed by atoms with Gasteiger partial charge in [0.25, 0.3) is 0 Å². The van der Waals surface area contributed by atoms with Crippen LogP contribution in [0.3, 0.4) is 0 Å². The Morgan fingerprint density at radius 3 is 2.92 bits per heavy atom. The van der Waals surface area contributed by atoms with Crippen LogP contribution in [0.4, 0.5) is 0 Å². The van der Waals surface area contributed by atoms with E-state index in [1.807, 2.05) is 0 Å². The van der Waals surface area contributed by atoms with Gasteiger partial charge in [-0.05, 0) is 25.3 Å². The maximum Gasteiger partial charge on any atom is 0.0388 e. The summed E-state index contributed by atoms with van der Waals surface area (Å²) in [4.78, 5) is 1.36. The molecule has 0 aromatic carbocycles. The average Bonchev–Trinajstić information content (AvgIpc) is 2.55. The zero-order valence-corrected chi connectivity index (χ0v) is 8.90. The van der Waals surface area contributed by atoms with Crippen LogP contribution in [-0.4, -0.2) is 6.04 Å². The molecule has 2 heteroatoms. The van der Waals surface area contributed by atoms with E-state index in [4.69, 9.17) is 6.42 Å². The van der Waals surface area contributed by atoms with Crippen molar-refractivity contribution < 1.29 is 0 Å². The molecule has 0 spiro atoms. The Balaban J connectivity index is 2.42. The predicted molar refractivity (Wildman–Crippen MR) is 58.8 cm³/mol. The first-order valence-electron chi connectivity index (χ1n) is 4.47. The van der Waals surface area contributed by atoms with Crippen molar-refractivity contribution >= 4 is 11.3 Å². The van der Waals surface area contributed by atoms with Crippen LogP contribution in [0.2, 0.25) is 0 Å². The van der Waals surface area contributed by atoms with Gasteiger partial charge in [0, 0.05) is 23.4 Å². The third kappa shape index (κ3) is 3.22. The number of rotatable bonds is 4. The molecule has 13 heavy (non-hydrogen) atoms. The highest BCUT2D eigenvalue weighted by molar-refractivity contribution is 7.10. The largest absolute Gasteiger partial charge is 0.306 e. The van der Waals surface area contributed by atoms with E-state index in [1.54, 1.807) is 11.3 Å². The van der Waals surface area contributed by atoms with Gasteiger partial charge in [-0.15, -0.1) is 23.7 Å². The smallest absolute Gasteiger partial charge is 0.0388 e. The van der Waals surface area contributed by atoms with Crippen molar-refractivity contribution in [3.05, 3.63) is 22.4 Å². The minimum absolute atomic E-state index is 0.391. The molecule has 0 saturated carbocycles. The summed E-state index contributed by atoms with van der Waals surface area (Å²) in [5.41, 5.74) is 0. The van der Waals surface area contributed by atoms with Gasteiger partial charge < -0.3 is 5.32 Å². The lowest BCUT2D eigenvalue weighted by Gasteiger charge is -2.16. The van der Waals surface area contributed by atoms with Crippen molar-refractivity contribution in [3.63, 3.8) is 0 Å². The van der Waals surface area contributed by atoms with Crippen LogP contribution in [0, 0.1) is 12.3 Å². The fraction of sp³-hybridized carbons (Fsp3) is 0.455. The lowest BCUT2D eigenvalue weighted by molar-refractivity contribution is 0.491. The fourth-order valence-corrected chi connectivity index (χ4v) is 2.03. The summed E-state index contributed by atoms with van der Waals surface area (Å²) in [6.07, 6.45) is 6.02. The molecule has 0 fully saturated rings. The van der Waals surface area contributed by atoms with Crippen molar-refractivity contribution in [2.24, 2.45) is 0 Å². The monoisotopic (exact) mass is 193 g/mol. The second-order valence-electron chi connectivity index (χ2n) is 3.21. The zero-order chi connectivity index (χ0) is 9.68. The van der Waals surface area contributed by atoms with Crippen LogP contribution in [0.15, 0.2) is 17.5 Å². The molecule has 0 aliphatic rings. The summed E-state index contributed by atoms with van der Waals surface area (Å²) in [7, 11) is 0. The van der Waals surface area contributed by atoms with Gasteiger partial charge in [0.2, 0.25) is 0 Å². The third-order valence-corrected chi connectivity index (χ3v) is 2.98. The van der Waals surface area contributed by atoms with Gasteiger partial charge >= 0.3 is 0 Å². The molecule has 0 radical (unpaired) electrons. The van der Waals surface area contributed by atoms with Gasteiger partial charge in [-0.1, -0.05) is 6.07 Å². The summed E-state index contributed by atoms with van der Waals surface area (Å²) in [5, 5.41) is 5.55. The van der Waals surface area contributed by atoms with Crippen molar-refractivity contribution in [1.82, 2.24) is 5.32 Å². The third-order valence-electron chi connectivity index (χ3n) is 1.93. The number of hydrogen-bond donors (Lipinski definition) is 1. The van der Waals surface area contributed by atoms with Gasteiger partial charge in [0.05, 0.1) is 0 Å². The molecule has 70 valence electrons. The van der Waals surface area contributed by atoms with Crippen molar-refractivity contribution in [1.29, 1.82) is 0 Å². The van der Waals surface area contributed by atoms with Crippen LogP contribution in [0.5, 0.6) is 0 Å². The van der Waals surface area contributed by atoms with Gasteiger partial charge in [-0.3, -0.25) is 0 Å². The van der Waals surface area contributed by atoms with E-state index in [0.717, 1.165) is 6.42 Å². The van der Waals surface area contributed by atoms with Crippen molar-refractivity contribution in [3.8, 4) is 12.3 Å².